The minimum absolute atomic E-state index is 0.0926. The molecule has 0 spiro atoms. The third-order valence-corrected chi connectivity index (χ3v) is 2.32. The maximum Gasteiger partial charge on any atom is 0.405 e. The second kappa shape index (κ2) is 5.80. The summed E-state index contributed by atoms with van der Waals surface area (Å²) in [6, 6.07) is 0. The van der Waals surface area contributed by atoms with Gasteiger partial charge >= 0.3 is 6.09 Å². The number of carbonyl (C=O) groups is 1. The van der Waals surface area contributed by atoms with E-state index in [4.69, 9.17) is 16.2 Å². The van der Waals surface area contributed by atoms with Crippen LogP contribution >= 0.6 is 0 Å². The Bertz CT molecular complexity index is 180. The van der Waals surface area contributed by atoms with E-state index in [9.17, 15) is 9.18 Å². The molecule has 0 radical (unpaired) electrons. The largest absolute Gasteiger partial charge is 0.443 e. The fourth-order valence-electron chi connectivity index (χ4n) is 1.52. The molecule has 0 saturated carbocycles. The summed E-state index contributed by atoms with van der Waals surface area (Å²) in [5, 5.41) is 0. The molecule has 0 aromatic heterocycles. The van der Waals surface area contributed by atoms with Crippen molar-refractivity contribution in [1.29, 1.82) is 0 Å². The standard InChI is InChI=1S/C9H19FN2O2/c1-9(2,14-8(12)13)7(3-5-10)4-6-11/h7H,3-6,11H2,1-2H3,(H2,12,13). The van der Waals surface area contributed by atoms with E-state index in [-0.39, 0.29) is 5.92 Å². The number of nitrogens with two attached hydrogens (primary N) is 2. The van der Waals surface area contributed by atoms with E-state index in [2.05, 4.69) is 0 Å². The molecule has 0 aliphatic rings. The van der Waals surface area contributed by atoms with E-state index < -0.39 is 18.4 Å². The van der Waals surface area contributed by atoms with Crippen LogP contribution in [0.1, 0.15) is 26.7 Å². The number of hydrogen-bond acceptors (Lipinski definition) is 3. The van der Waals surface area contributed by atoms with Gasteiger partial charge in [0.15, 0.2) is 0 Å². The van der Waals surface area contributed by atoms with E-state index in [0.717, 1.165) is 0 Å². The maximum atomic E-state index is 12.2. The zero-order chi connectivity index (χ0) is 11.2. The molecule has 0 aliphatic carbocycles. The minimum Gasteiger partial charge on any atom is -0.443 e. The molecule has 1 amide bonds. The van der Waals surface area contributed by atoms with Gasteiger partial charge < -0.3 is 16.2 Å². The van der Waals surface area contributed by atoms with E-state index in [0.29, 0.717) is 19.4 Å². The van der Waals surface area contributed by atoms with Gasteiger partial charge in [0.25, 0.3) is 0 Å². The van der Waals surface area contributed by atoms with E-state index in [1.54, 1.807) is 13.8 Å². The van der Waals surface area contributed by atoms with Crippen LogP contribution in [-0.2, 0) is 4.74 Å². The van der Waals surface area contributed by atoms with Crippen molar-refractivity contribution >= 4 is 6.09 Å². The van der Waals surface area contributed by atoms with Gasteiger partial charge in [-0.2, -0.15) is 0 Å². The van der Waals surface area contributed by atoms with Gasteiger partial charge in [-0.1, -0.05) is 0 Å². The molecule has 4 N–H and O–H groups in total. The molecule has 0 rings (SSSR count). The maximum absolute atomic E-state index is 12.2. The van der Waals surface area contributed by atoms with Crippen molar-refractivity contribution in [2.45, 2.75) is 32.3 Å². The van der Waals surface area contributed by atoms with Gasteiger partial charge in [-0.25, -0.2) is 4.79 Å². The van der Waals surface area contributed by atoms with Gasteiger partial charge in [-0.05, 0) is 33.2 Å². The second-order valence-corrected chi connectivity index (χ2v) is 3.78. The Morgan fingerprint density at radius 1 is 1.50 bits per heavy atom. The molecule has 1 unspecified atom stereocenters. The summed E-state index contributed by atoms with van der Waals surface area (Å²) in [7, 11) is 0. The van der Waals surface area contributed by atoms with Crippen molar-refractivity contribution < 1.29 is 13.9 Å². The molecule has 0 fully saturated rings. The Morgan fingerprint density at radius 3 is 2.43 bits per heavy atom. The van der Waals surface area contributed by atoms with Crippen LogP contribution in [0.5, 0.6) is 0 Å². The molecule has 0 aromatic rings. The van der Waals surface area contributed by atoms with Gasteiger partial charge in [0.2, 0.25) is 0 Å². The van der Waals surface area contributed by atoms with Gasteiger partial charge in [0.1, 0.15) is 5.60 Å². The van der Waals surface area contributed by atoms with Crippen LogP contribution in [0.3, 0.4) is 0 Å². The van der Waals surface area contributed by atoms with Crippen molar-refractivity contribution in [3.8, 4) is 0 Å². The van der Waals surface area contributed by atoms with Crippen LogP contribution in [-0.4, -0.2) is 24.9 Å². The number of amides is 1. The number of hydrogen-bond donors (Lipinski definition) is 2. The first-order valence-corrected chi connectivity index (χ1v) is 4.68. The first kappa shape index (κ1) is 13.2. The highest BCUT2D eigenvalue weighted by Crippen LogP contribution is 2.27. The highest BCUT2D eigenvalue weighted by molar-refractivity contribution is 5.65. The second-order valence-electron chi connectivity index (χ2n) is 3.78. The third kappa shape index (κ3) is 4.41. The summed E-state index contributed by atoms with van der Waals surface area (Å²) in [5.41, 5.74) is 9.56. The summed E-state index contributed by atoms with van der Waals surface area (Å²) >= 11 is 0. The Hall–Kier alpha value is -0.840. The van der Waals surface area contributed by atoms with E-state index >= 15 is 0 Å². The molecule has 14 heavy (non-hydrogen) atoms. The monoisotopic (exact) mass is 206 g/mol. The SMILES string of the molecule is CC(C)(OC(N)=O)C(CCN)CCF. The smallest absolute Gasteiger partial charge is 0.405 e. The molecular weight excluding hydrogens is 187 g/mol. The van der Waals surface area contributed by atoms with Gasteiger partial charge in [-0.15, -0.1) is 0 Å². The number of alkyl halides is 1. The number of ether oxygens (including phenoxy) is 1. The molecule has 0 heterocycles. The number of halogens is 1. The predicted molar refractivity (Wildman–Crippen MR) is 52.5 cm³/mol. The van der Waals surface area contributed by atoms with E-state index in [1.165, 1.54) is 0 Å². The molecule has 1 atom stereocenters. The van der Waals surface area contributed by atoms with Crippen molar-refractivity contribution in [3.05, 3.63) is 0 Å². The molecule has 0 aromatic carbocycles. The molecule has 0 aliphatic heterocycles. The lowest BCUT2D eigenvalue weighted by Gasteiger charge is -2.32. The van der Waals surface area contributed by atoms with Gasteiger partial charge in [0, 0.05) is 5.92 Å². The zero-order valence-electron chi connectivity index (χ0n) is 8.75. The molecule has 84 valence electrons. The summed E-state index contributed by atoms with van der Waals surface area (Å²) in [6.45, 7) is 3.42. The number of primary amides is 1. The third-order valence-electron chi connectivity index (χ3n) is 2.32. The molecular formula is C9H19FN2O2. The van der Waals surface area contributed by atoms with Gasteiger partial charge in [-0.3, -0.25) is 4.39 Å². The quantitative estimate of drug-likeness (QED) is 0.685. The Kier molecular flexibility index (Phi) is 5.45. The lowest BCUT2D eigenvalue weighted by atomic mass is 9.85. The highest BCUT2D eigenvalue weighted by Gasteiger charge is 2.31. The van der Waals surface area contributed by atoms with Crippen LogP contribution < -0.4 is 11.5 Å². The molecule has 0 bridgehead atoms. The average molecular weight is 206 g/mol. The average Bonchev–Trinajstić information content (AvgIpc) is 2.01. The normalized spacial score (nSPS) is 13.7. The van der Waals surface area contributed by atoms with Crippen LogP contribution in [0.4, 0.5) is 9.18 Å². The van der Waals surface area contributed by atoms with Gasteiger partial charge in [0.05, 0.1) is 6.67 Å². The Balaban J connectivity index is 4.35. The fraction of sp³-hybridized carbons (Fsp3) is 0.889. The number of rotatable bonds is 6. The van der Waals surface area contributed by atoms with E-state index in [1.807, 2.05) is 0 Å². The summed E-state index contributed by atoms with van der Waals surface area (Å²) in [6.07, 6.45) is 0.109. The highest BCUT2D eigenvalue weighted by atomic mass is 19.1. The first-order valence-electron chi connectivity index (χ1n) is 4.68. The van der Waals surface area contributed by atoms with Crippen molar-refractivity contribution in [2.24, 2.45) is 17.4 Å². The summed E-state index contributed by atoms with van der Waals surface area (Å²) in [5.74, 6) is -0.0926. The number of carbonyl (C=O) groups excluding carboxylic acids is 1. The zero-order valence-corrected chi connectivity index (χ0v) is 8.75. The lowest BCUT2D eigenvalue weighted by Crippen LogP contribution is -2.39. The van der Waals surface area contributed by atoms with Crippen LogP contribution in [0.25, 0.3) is 0 Å². The topological polar surface area (TPSA) is 78.3 Å². The van der Waals surface area contributed by atoms with Crippen LogP contribution in [0.2, 0.25) is 0 Å². The van der Waals surface area contributed by atoms with Crippen LogP contribution in [0, 0.1) is 5.92 Å². The summed E-state index contributed by atoms with van der Waals surface area (Å²) < 4.78 is 17.1. The summed E-state index contributed by atoms with van der Waals surface area (Å²) in [4.78, 5) is 10.6. The Labute approximate surface area is 83.8 Å². The predicted octanol–water partition coefficient (Wildman–Crippen LogP) is 1.18. The Morgan fingerprint density at radius 2 is 2.07 bits per heavy atom. The van der Waals surface area contributed by atoms with Crippen LogP contribution in [0.15, 0.2) is 0 Å². The van der Waals surface area contributed by atoms with Crippen molar-refractivity contribution in [3.63, 3.8) is 0 Å². The van der Waals surface area contributed by atoms with Crippen molar-refractivity contribution in [2.75, 3.05) is 13.2 Å². The first-order chi connectivity index (χ1) is 6.44. The molecule has 4 nitrogen and oxygen atoms in total. The van der Waals surface area contributed by atoms with Crippen molar-refractivity contribution in [1.82, 2.24) is 0 Å². The fourth-order valence-corrected chi connectivity index (χ4v) is 1.52. The molecule has 0 saturated heterocycles. The minimum atomic E-state index is -0.837. The molecule has 5 heteroatoms. The lowest BCUT2D eigenvalue weighted by molar-refractivity contribution is -0.00854.